The van der Waals surface area contributed by atoms with Crippen LogP contribution in [0.25, 0.3) is 109 Å². The Bertz CT molecular complexity index is 3590. The standard InChI is InChI=1S/C59H41F3/c1-58(2,3)43-26-23-36(24-27-43)38-25-28-47-42(29-38)35-54-53(52-31-39-13-4-6-17-45(39)48-19-8-10-21-50(48)52)33-41(37-15-12-16-44(30-37)59(60,61)62)34-56(54)57(47)55-32-40-14-5-7-18-46(40)49-20-9-11-22-51(49)55/h4-35H,1-3H3. The molecule has 0 N–H and O–H groups in total. The van der Waals surface area contributed by atoms with Gasteiger partial charge in [-0.15, -0.1) is 0 Å². The monoisotopic (exact) mass is 806 g/mol. The summed E-state index contributed by atoms with van der Waals surface area (Å²) in [7, 11) is 0. The van der Waals surface area contributed by atoms with E-state index in [4.69, 9.17) is 0 Å². The number of benzene rings is 11. The maximum Gasteiger partial charge on any atom is 0.416 e. The highest BCUT2D eigenvalue weighted by Crippen LogP contribution is 2.48. The van der Waals surface area contributed by atoms with Crippen molar-refractivity contribution in [1.29, 1.82) is 0 Å². The number of hydrogen-bond donors (Lipinski definition) is 0. The second kappa shape index (κ2) is 14.2. The van der Waals surface area contributed by atoms with Crippen LogP contribution in [0.4, 0.5) is 13.2 Å². The molecule has 3 heteroatoms. The van der Waals surface area contributed by atoms with Gasteiger partial charge in [0.05, 0.1) is 5.56 Å². The summed E-state index contributed by atoms with van der Waals surface area (Å²) >= 11 is 0. The normalized spacial score (nSPS) is 12.4. The molecule has 0 aliphatic heterocycles. The van der Waals surface area contributed by atoms with Crippen molar-refractivity contribution < 1.29 is 13.2 Å². The molecule has 0 unspecified atom stereocenters. The molecule has 0 radical (unpaired) electrons. The lowest BCUT2D eigenvalue weighted by atomic mass is 9.82. The Morgan fingerprint density at radius 3 is 1.45 bits per heavy atom. The third-order valence-electron chi connectivity index (χ3n) is 12.8. The van der Waals surface area contributed by atoms with E-state index in [-0.39, 0.29) is 5.41 Å². The minimum Gasteiger partial charge on any atom is -0.166 e. The van der Waals surface area contributed by atoms with E-state index in [1.807, 2.05) is 0 Å². The third kappa shape index (κ3) is 6.31. The molecule has 0 aliphatic rings. The molecule has 0 heterocycles. The highest BCUT2D eigenvalue weighted by Gasteiger charge is 2.31. The maximum atomic E-state index is 14.4. The number of alkyl halides is 3. The van der Waals surface area contributed by atoms with Crippen molar-refractivity contribution in [1.82, 2.24) is 0 Å². The Morgan fingerprint density at radius 2 is 0.823 bits per heavy atom. The zero-order chi connectivity index (χ0) is 42.3. The molecule has 0 fully saturated rings. The molecule has 62 heavy (non-hydrogen) atoms. The summed E-state index contributed by atoms with van der Waals surface area (Å²) in [4.78, 5) is 0. The predicted octanol–water partition coefficient (Wildman–Crippen LogP) is 17.6. The van der Waals surface area contributed by atoms with Gasteiger partial charge in [0, 0.05) is 0 Å². The van der Waals surface area contributed by atoms with Gasteiger partial charge in [-0.1, -0.05) is 166 Å². The zero-order valence-electron chi connectivity index (χ0n) is 34.6. The summed E-state index contributed by atoms with van der Waals surface area (Å²) < 4.78 is 43.1. The Balaban J connectivity index is 1.31. The molecule has 11 rings (SSSR count). The zero-order valence-corrected chi connectivity index (χ0v) is 34.6. The van der Waals surface area contributed by atoms with Gasteiger partial charge in [-0.05, 0) is 169 Å². The van der Waals surface area contributed by atoms with Gasteiger partial charge in [-0.2, -0.15) is 13.2 Å². The van der Waals surface area contributed by atoms with E-state index in [0.717, 1.165) is 104 Å². The second-order valence-corrected chi connectivity index (χ2v) is 17.6. The van der Waals surface area contributed by atoms with Gasteiger partial charge in [0.1, 0.15) is 0 Å². The fourth-order valence-electron chi connectivity index (χ4n) is 9.66. The van der Waals surface area contributed by atoms with Gasteiger partial charge < -0.3 is 0 Å². The number of halogens is 3. The van der Waals surface area contributed by atoms with Crippen molar-refractivity contribution in [3.05, 3.63) is 205 Å². The van der Waals surface area contributed by atoms with Crippen molar-refractivity contribution in [2.75, 3.05) is 0 Å². The molecule has 0 atom stereocenters. The third-order valence-corrected chi connectivity index (χ3v) is 12.8. The fourth-order valence-corrected chi connectivity index (χ4v) is 9.66. The van der Waals surface area contributed by atoms with Gasteiger partial charge in [0.25, 0.3) is 0 Å². The molecule has 0 nitrogen and oxygen atoms in total. The highest BCUT2D eigenvalue weighted by atomic mass is 19.4. The summed E-state index contributed by atoms with van der Waals surface area (Å²) in [6, 6.07) is 66.4. The van der Waals surface area contributed by atoms with Crippen LogP contribution in [-0.2, 0) is 11.6 Å². The lowest BCUT2D eigenvalue weighted by Gasteiger charge is -2.21. The number of hydrogen-bond acceptors (Lipinski definition) is 0. The van der Waals surface area contributed by atoms with Gasteiger partial charge in [0.15, 0.2) is 0 Å². The largest absolute Gasteiger partial charge is 0.416 e. The maximum absolute atomic E-state index is 14.4. The van der Waals surface area contributed by atoms with Crippen molar-refractivity contribution in [2.45, 2.75) is 32.4 Å². The van der Waals surface area contributed by atoms with Gasteiger partial charge in [-0.3, -0.25) is 0 Å². The first-order chi connectivity index (χ1) is 30.0. The molecular weight excluding hydrogens is 766 g/mol. The SMILES string of the molecule is CC(C)(C)c1ccc(-c2ccc3c(-c4cc5ccccc5c5ccccc45)c4cc(-c5cccc(C(F)(F)F)c5)cc(-c5cc6ccccc6c6ccccc56)c4cc3c2)cc1. The molecule has 0 saturated heterocycles. The van der Waals surface area contributed by atoms with Crippen LogP contribution in [0, 0.1) is 0 Å². The molecule has 11 aromatic rings. The van der Waals surface area contributed by atoms with Crippen molar-refractivity contribution >= 4 is 64.6 Å². The van der Waals surface area contributed by atoms with E-state index in [0.29, 0.717) is 5.56 Å². The Kier molecular flexibility index (Phi) is 8.63. The Morgan fingerprint density at radius 1 is 0.290 bits per heavy atom. The molecule has 0 aliphatic carbocycles. The van der Waals surface area contributed by atoms with Crippen LogP contribution in [0.15, 0.2) is 194 Å². The molecule has 0 bridgehead atoms. The van der Waals surface area contributed by atoms with Crippen LogP contribution in [0.1, 0.15) is 31.9 Å². The summed E-state index contributed by atoms with van der Waals surface area (Å²) in [6.45, 7) is 6.70. The van der Waals surface area contributed by atoms with Crippen LogP contribution >= 0.6 is 0 Å². The van der Waals surface area contributed by atoms with E-state index in [1.54, 1.807) is 6.07 Å². The van der Waals surface area contributed by atoms with Crippen LogP contribution in [0.5, 0.6) is 0 Å². The molecule has 0 spiro atoms. The molecule has 11 aromatic carbocycles. The average Bonchev–Trinajstić information content (AvgIpc) is 3.29. The molecule has 298 valence electrons. The van der Waals surface area contributed by atoms with Crippen molar-refractivity contribution in [2.24, 2.45) is 0 Å². The van der Waals surface area contributed by atoms with E-state index in [9.17, 15) is 13.2 Å². The van der Waals surface area contributed by atoms with Crippen LogP contribution in [0.3, 0.4) is 0 Å². The molecule has 0 aromatic heterocycles. The van der Waals surface area contributed by atoms with Gasteiger partial charge in [0.2, 0.25) is 0 Å². The van der Waals surface area contributed by atoms with E-state index < -0.39 is 11.7 Å². The first kappa shape index (κ1) is 37.7. The van der Waals surface area contributed by atoms with E-state index >= 15 is 0 Å². The Labute approximate surface area is 358 Å². The quantitative estimate of drug-likeness (QED) is 0.123. The van der Waals surface area contributed by atoms with Crippen LogP contribution in [-0.4, -0.2) is 0 Å². The molecular formula is C59H41F3. The molecule has 0 amide bonds. The highest BCUT2D eigenvalue weighted by molar-refractivity contribution is 6.25. The van der Waals surface area contributed by atoms with Gasteiger partial charge >= 0.3 is 6.18 Å². The first-order valence-corrected chi connectivity index (χ1v) is 21.1. The topological polar surface area (TPSA) is 0 Å². The number of fused-ring (bicyclic) bond motifs is 8. The van der Waals surface area contributed by atoms with Crippen molar-refractivity contribution in [3.8, 4) is 44.5 Å². The minimum absolute atomic E-state index is 0.0363. The Hall–Kier alpha value is -7.23. The lowest BCUT2D eigenvalue weighted by molar-refractivity contribution is -0.137. The van der Waals surface area contributed by atoms with E-state index in [2.05, 4.69) is 191 Å². The lowest BCUT2D eigenvalue weighted by Crippen LogP contribution is -2.10. The smallest absolute Gasteiger partial charge is 0.166 e. The predicted molar refractivity (Wildman–Crippen MR) is 257 cm³/mol. The number of rotatable bonds is 4. The van der Waals surface area contributed by atoms with E-state index in [1.165, 1.54) is 23.1 Å². The van der Waals surface area contributed by atoms with Gasteiger partial charge in [-0.25, -0.2) is 0 Å². The summed E-state index contributed by atoms with van der Waals surface area (Å²) in [5.41, 5.74) is 8.25. The average molecular weight is 807 g/mol. The van der Waals surface area contributed by atoms with Crippen molar-refractivity contribution in [3.63, 3.8) is 0 Å². The second-order valence-electron chi connectivity index (χ2n) is 17.6. The fraction of sp³-hybridized carbons (Fsp3) is 0.0847. The first-order valence-electron chi connectivity index (χ1n) is 21.1. The minimum atomic E-state index is -4.49. The summed E-state index contributed by atoms with van der Waals surface area (Å²) in [5, 5.41) is 13.2. The molecule has 0 saturated carbocycles. The summed E-state index contributed by atoms with van der Waals surface area (Å²) in [5.74, 6) is 0. The summed E-state index contributed by atoms with van der Waals surface area (Å²) in [6.07, 6.45) is -4.49. The van der Waals surface area contributed by atoms with Crippen LogP contribution in [0.2, 0.25) is 0 Å². The van der Waals surface area contributed by atoms with Crippen LogP contribution < -0.4 is 0 Å².